The van der Waals surface area contributed by atoms with E-state index in [1.54, 1.807) is 6.92 Å². The Hall–Kier alpha value is -2.54. The van der Waals surface area contributed by atoms with Crippen LogP contribution in [0.5, 0.6) is 0 Å². The molecule has 0 spiro atoms. The van der Waals surface area contributed by atoms with Gasteiger partial charge in [-0.2, -0.15) is 0 Å². The van der Waals surface area contributed by atoms with E-state index in [4.69, 9.17) is 9.97 Å². The Balaban J connectivity index is 1.53. The van der Waals surface area contributed by atoms with Crippen LogP contribution in [0.4, 0.5) is 5.82 Å². The number of pyridine rings is 1. The fourth-order valence-corrected chi connectivity index (χ4v) is 4.25. The van der Waals surface area contributed by atoms with Crippen molar-refractivity contribution in [3.8, 4) is 0 Å². The molecule has 4 rings (SSSR count). The average Bonchev–Trinajstić information content (AvgIpc) is 2.73. The van der Waals surface area contributed by atoms with Gasteiger partial charge in [0.2, 0.25) is 5.91 Å². The number of piperidine rings is 1. The summed E-state index contributed by atoms with van der Waals surface area (Å²) >= 11 is 0. The maximum absolute atomic E-state index is 11.8. The van der Waals surface area contributed by atoms with Crippen molar-refractivity contribution in [2.75, 3.05) is 32.0 Å². The van der Waals surface area contributed by atoms with E-state index >= 15 is 0 Å². The highest BCUT2D eigenvalue weighted by Crippen LogP contribution is 2.30. The van der Waals surface area contributed by atoms with E-state index in [1.165, 1.54) is 5.56 Å². The summed E-state index contributed by atoms with van der Waals surface area (Å²) in [4.78, 5) is 30.1. The molecule has 2 aliphatic heterocycles. The molecule has 148 valence electrons. The second-order valence-corrected chi connectivity index (χ2v) is 7.73. The molecule has 28 heavy (non-hydrogen) atoms. The lowest BCUT2D eigenvalue weighted by atomic mass is 9.96. The van der Waals surface area contributed by atoms with Gasteiger partial charge in [-0.15, -0.1) is 0 Å². The van der Waals surface area contributed by atoms with Gasteiger partial charge in [-0.1, -0.05) is 6.07 Å². The smallest absolute Gasteiger partial charge is 0.219 e. The van der Waals surface area contributed by atoms with E-state index < -0.39 is 0 Å². The van der Waals surface area contributed by atoms with Crippen molar-refractivity contribution in [3.63, 3.8) is 0 Å². The number of amides is 1. The maximum Gasteiger partial charge on any atom is 0.219 e. The SMILES string of the molecule is CNc1nc([C@@H]2CCCN(Cc3cccnc3)C2)nc2c1CN(C(C)=O)CC2. The summed E-state index contributed by atoms with van der Waals surface area (Å²) in [5, 5.41) is 3.23. The van der Waals surface area contributed by atoms with E-state index in [2.05, 4.69) is 21.3 Å². The van der Waals surface area contributed by atoms with E-state index in [0.717, 1.165) is 68.3 Å². The summed E-state index contributed by atoms with van der Waals surface area (Å²) in [6.45, 7) is 5.94. The van der Waals surface area contributed by atoms with Gasteiger partial charge in [0.05, 0.1) is 12.2 Å². The van der Waals surface area contributed by atoms with Gasteiger partial charge in [-0.25, -0.2) is 9.97 Å². The quantitative estimate of drug-likeness (QED) is 0.877. The third kappa shape index (κ3) is 3.99. The first kappa shape index (κ1) is 18.8. The Morgan fingerprint density at radius 1 is 1.32 bits per heavy atom. The Morgan fingerprint density at radius 2 is 2.21 bits per heavy atom. The van der Waals surface area contributed by atoms with Crippen molar-refractivity contribution >= 4 is 11.7 Å². The molecule has 1 fully saturated rings. The normalized spacial score (nSPS) is 19.9. The molecule has 7 nitrogen and oxygen atoms in total. The highest BCUT2D eigenvalue weighted by atomic mass is 16.2. The maximum atomic E-state index is 11.8. The molecule has 0 unspecified atom stereocenters. The third-order valence-corrected chi connectivity index (χ3v) is 5.76. The van der Waals surface area contributed by atoms with Gasteiger partial charge in [-0.05, 0) is 31.0 Å². The van der Waals surface area contributed by atoms with Crippen LogP contribution in [-0.4, -0.2) is 57.3 Å². The molecule has 0 saturated carbocycles. The second-order valence-electron chi connectivity index (χ2n) is 7.73. The van der Waals surface area contributed by atoms with Crippen LogP contribution >= 0.6 is 0 Å². The Bertz CT molecular complexity index is 823. The third-order valence-electron chi connectivity index (χ3n) is 5.76. The minimum absolute atomic E-state index is 0.107. The summed E-state index contributed by atoms with van der Waals surface area (Å²) in [5.41, 5.74) is 3.40. The van der Waals surface area contributed by atoms with Crippen molar-refractivity contribution in [2.45, 2.75) is 45.2 Å². The number of carbonyl (C=O) groups is 1. The number of rotatable bonds is 4. The van der Waals surface area contributed by atoms with Crippen LogP contribution in [0, 0.1) is 0 Å². The first-order valence-electron chi connectivity index (χ1n) is 10.1. The van der Waals surface area contributed by atoms with Crippen LogP contribution in [-0.2, 0) is 24.3 Å². The minimum atomic E-state index is 0.107. The second kappa shape index (κ2) is 8.22. The van der Waals surface area contributed by atoms with Crippen molar-refractivity contribution in [2.24, 2.45) is 0 Å². The predicted octanol–water partition coefficient (Wildman–Crippen LogP) is 2.20. The Kier molecular flexibility index (Phi) is 5.52. The molecule has 1 atom stereocenters. The highest BCUT2D eigenvalue weighted by molar-refractivity contribution is 5.74. The van der Waals surface area contributed by atoms with Crippen molar-refractivity contribution < 1.29 is 4.79 Å². The van der Waals surface area contributed by atoms with Gasteiger partial charge in [0, 0.05) is 63.9 Å². The molecule has 7 heteroatoms. The lowest BCUT2D eigenvalue weighted by Gasteiger charge is -2.33. The van der Waals surface area contributed by atoms with Crippen LogP contribution < -0.4 is 5.32 Å². The molecule has 1 amide bonds. The molecule has 2 aromatic rings. The lowest BCUT2D eigenvalue weighted by Crippen LogP contribution is -2.37. The zero-order valence-electron chi connectivity index (χ0n) is 16.7. The number of fused-ring (bicyclic) bond motifs is 1. The van der Waals surface area contributed by atoms with Crippen LogP contribution in [0.15, 0.2) is 24.5 Å². The number of likely N-dealkylation sites (tertiary alicyclic amines) is 1. The van der Waals surface area contributed by atoms with Gasteiger partial charge in [0.25, 0.3) is 0 Å². The van der Waals surface area contributed by atoms with Crippen LogP contribution in [0.1, 0.15) is 48.3 Å². The number of nitrogens with zero attached hydrogens (tertiary/aromatic N) is 5. The van der Waals surface area contributed by atoms with Crippen molar-refractivity contribution in [1.82, 2.24) is 24.8 Å². The van der Waals surface area contributed by atoms with Crippen LogP contribution in [0.2, 0.25) is 0 Å². The number of hydrogen-bond donors (Lipinski definition) is 1. The molecule has 1 N–H and O–H groups in total. The fraction of sp³-hybridized carbons (Fsp3) is 0.524. The lowest BCUT2D eigenvalue weighted by molar-refractivity contribution is -0.129. The number of anilines is 1. The topological polar surface area (TPSA) is 74.2 Å². The molecule has 0 radical (unpaired) electrons. The van der Waals surface area contributed by atoms with Gasteiger partial charge in [-0.3, -0.25) is 14.7 Å². The summed E-state index contributed by atoms with van der Waals surface area (Å²) in [5.74, 6) is 2.26. The Labute approximate surface area is 166 Å². The number of nitrogens with one attached hydrogen (secondary N) is 1. The first-order valence-corrected chi connectivity index (χ1v) is 10.1. The van der Waals surface area contributed by atoms with Crippen molar-refractivity contribution in [1.29, 1.82) is 0 Å². The summed E-state index contributed by atoms with van der Waals surface area (Å²) in [6.07, 6.45) is 6.82. The first-order chi connectivity index (χ1) is 13.6. The molecule has 2 aromatic heterocycles. The molecular weight excluding hydrogens is 352 g/mol. The van der Waals surface area contributed by atoms with Crippen LogP contribution in [0.25, 0.3) is 0 Å². The molecule has 1 saturated heterocycles. The predicted molar refractivity (Wildman–Crippen MR) is 108 cm³/mol. The van der Waals surface area contributed by atoms with Crippen LogP contribution in [0.3, 0.4) is 0 Å². The van der Waals surface area contributed by atoms with E-state index in [9.17, 15) is 4.79 Å². The zero-order chi connectivity index (χ0) is 19.5. The zero-order valence-corrected chi connectivity index (χ0v) is 16.7. The largest absolute Gasteiger partial charge is 0.373 e. The summed E-state index contributed by atoms with van der Waals surface area (Å²) < 4.78 is 0. The summed E-state index contributed by atoms with van der Waals surface area (Å²) in [6, 6.07) is 4.12. The molecule has 0 aromatic carbocycles. The Morgan fingerprint density at radius 3 is 2.96 bits per heavy atom. The van der Waals surface area contributed by atoms with Gasteiger partial charge in [0.1, 0.15) is 11.6 Å². The van der Waals surface area contributed by atoms with E-state index in [-0.39, 0.29) is 5.91 Å². The minimum Gasteiger partial charge on any atom is -0.373 e. The number of aromatic nitrogens is 3. The average molecular weight is 380 g/mol. The molecule has 4 heterocycles. The number of carbonyl (C=O) groups excluding carboxylic acids is 1. The van der Waals surface area contributed by atoms with Gasteiger partial charge < -0.3 is 10.2 Å². The standard InChI is InChI=1S/C21H28N6O/c1-15(28)27-10-7-19-18(14-27)21(22-2)25-20(24-19)17-6-4-9-26(13-17)12-16-5-3-8-23-11-16/h3,5,8,11,17H,4,6-7,9-10,12-14H2,1-2H3,(H,22,24,25)/t17-/m1/s1. The molecular formula is C21H28N6O. The number of hydrogen-bond acceptors (Lipinski definition) is 6. The fourth-order valence-electron chi connectivity index (χ4n) is 4.25. The van der Waals surface area contributed by atoms with E-state index in [0.29, 0.717) is 12.5 Å². The summed E-state index contributed by atoms with van der Waals surface area (Å²) in [7, 11) is 1.90. The molecule has 2 aliphatic rings. The molecule has 0 bridgehead atoms. The highest BCUT2D eigenvalue weighted by Gasteiger charge is 2.28. The van der Waals surface area contributed by atoms with Crippen molar-refractivity contribution in [3.05, 3.63) is 47.2 Å². The van der Waals surface area contributed by atoms with Gasteiger partial charge in [0.15, 0.2) is 0 Å². The molecule has 0 aliphatic carbocycles. The van der Waals surface area contributed by atoms with Gasteiger partial charge >= 0.3 is 0 Å². The monoisotopic (exact) mass is 380 g/mol. The van der Waals surface area contributed by atoms with E-state index in [1.807, 2.05) is 30.4 Å².